The van der Waals surface area contributed by atoms with Crippen LogP contribution < -0.4 is 0 Å². The molecule has 0 aliphatic carbocycles. The topological polar surface area (TPSA) is 71.2 Å². The number of aliphatic hydroxyl groups is 1. The molecule has 0 radical (unpaired) electrons. The molecule has 7 heteroatoms. The molecule has 2 unspecified atom stereocenters. The number of carbonyl (C=O) groups is 1. The molecule has 2 aromatic rings. The first-order valence-corrected chi connectivity index (χ1v) is 8.65. The van der Waals surface area contributed by atoms with Crippen molar-refractivity contribution >= 4 is 17.7 Å². The number of carbonyl (C=O) groups excluding carboxylic acids is 1. The average molecular weight is 332 g/mol. The lowest BCUT2D eigenvalue weighted by atomic mass is 10.1. The Balaban J connectivity index is 1.97. The van der Waals surface area contributed by atoms with Crippen LogP contribution in [0.5, 0.6) is 0 Å². The van der Waals surface area contributed by atoms with Gasteiger partial charge in [-0.15, -0.1) is 0 Å². The fraction of sp³-hybridized carbons (Fsp3) is 0.438. The summed E-state index contributed by atoms with van der Waals surface area (Å²) in [6.07, 6.45) is 3.19. The van der Waals surface area contributed by atoms with Gasteiger partial charge in [0.15, 0.2) is 0 Å². The minimum absolute atomic E-state index is 0.0350. The normalized spacial score (nSPS) is 21.4. The lowest BCUT2D eigenvalue weighted by molar-refractivity contribution is 0.0690. The second kappa shape index (κ2) is 6.72. The molecule has 1 aromatic heterocycles. The van der Waals surface area contributed by atoms with Crippen molar-refractivity contribution in [3.63, 3.8) is 0 Å². The Labute approximate surface area is 139 Å². The van der Waals surface area contributed by atoms with Crippen molar-refractivity contribution in [3.05, 3.63) is 41.7 Å². The smallest absolute Gasteiger partial charge is 0.256 e. The summed E-state index contributed by atoms with van der Waals surface area (Å²) in [4.78, 5) is 16.4. The first-order valence-electron chi connectivity index (χ1n) is 7.61. The lowest BCUT2D eigenvalue weighted by Gasteiger charge is -2.37. The van der Waals surface area contributed by atoms with Gasteiger partial charge >= 0.3 is 0 Å². The zero-order valence-corrected chi connectivity index (χ0v) is 14.0. The van der Waals surface area contributed by atoms with Crippen molar-refractivity contribution in [3.8, 4) is 5.69 Å². The Morgan fingerprint density at radius 3 is 2.83 bits per heavy atom. The van der Waals surface area contributed by atoms with Crippen molar-refractivity contribution in [2.45, 2.75) is 25.1 Å². The largest absolute Gasteiger partial charge is 0.395 e. The van der Waals surface area contributed by atoms with Crippen LogP contribution in [0.25, 0.3) is 5.69 Å². The second-order valence-electron chi connectivity index (χ2n) is 5.78. The van der Waals surface area contributed by atoms with Crippen molar-refractivity contribution in [1.29, 1.82) is 0 Å². The predicted molar refractivity (Wildman–Crippen MR) is 89.9 cm³/mol. The van der Waals surface area contributed by atoms with Gasteiger partial charge in [-0.1, -0.05) is 11.6 Å². The second-order valence-corrected chi connectivity index (χ2v) is 7.12. The highest BCUT2D eigenvalue weighted by Crippen LogP contribution is 2.26. The molecular weight excluding hydrogens is 312 g/mol. The Morgan fingerprint density at radius 1 is 1.39 bits per heavy atom. The van der Waals surface area contributed by atoms with Crippen LogP contribution in [-0.4, -0.2) is 61.1 Å². The SMILES string of the molecule is Cc1ccc(-n2nccn2)c(C(=O)N2CC(CO)SCC2C)c1. The van der Waals surface area contributed by atoms with E-state index < -0.39 is 0 Å². The molecule has 122 valence electrons. The first kappa shape index (κ1) is 16.0. The van der Waals surface area contributed by atoms with E-state index in [4.69, 9.17) is 0 Å². The van der Waals surface area contributed by atoms with Gasteiger partial charge in [-0.05, 0) is 26.0 Å². The third-order valence-corrected chi connectivity index (χ3v) is 5.43. The Bertz CT molecular complexity index is 689. The highest BCUT2D eigenvalue weighted by molar-refractivity contribution is 8.00. The number of thioether (sulfide) groups is 1. The van der Waals surface area contributed by atoms with Crippen molar-refractivity contribution in [2.75, 3.05) is 18.9 Å². The molecule has 23 heavy (non-hydrogen) atoms. The molecule has 1 aliphatic heterocycles. The highest BCUT2D eigenvalue weighted by atomic mass is 32.2. The predicted octanol–water partition coefficient (Wildman–Crippen LogP) is 1.51. The van der Waals surface area contributed by atoms with Crippen LogP contribution in [0.2, 0.25) is 0 Å². The van der Waals surface area contributed by atoms with Gasteiger partial charge in [-0.25, -0.2) is 0 Å². The molecule has 2 heterocycles. The molecule has 6 nitrogen and oxygen atoms in total. The number of hydrogen-bond donors (Lipinski definition) is 1. The van der Waals surface area contributed by atoms with E-state index in [0.717, 1.165) is 11.3 Å². The molecular formula is C16H20N4O2S. The molecule has 0 spiro atoms. The minimum atomic E-state index is -0.0350. The Morgan fingerprint density at radius 2 is 2.13 bits per heavy atom. The maximum absolute atomic E-state index is 13.1. The quantitative estimate of drug-likeness (QED) is 0.922. The number of amides is 1. The summed E-state index contributed by atoms with van der Waals surface area (Å²) in [5, 5.41) is 17.8. The molecule has 0 bridgehead atoms. The maximum Gasteiger partial charge on any atom is 0.256 e. The summed E-state index contributed by atoms with van der Waals surface area (Å²) in [5.41, 5.74) is 2.29. The number of hydrogen-bond acceptors (Lipinski definition) is 5. The van der Waals surface area contributed by atoms with Gasteiger partial charge in [0.1, 0.15) is 0 Å². The zero-order chi connectivity index (χ0) is 16.4. The summed E-state index contributed by atoms with van der Waals surface area (Å²) >= 11 is 1.72. The van der Waals surface area contributed by atoms with E-state index in [1.54, 1.807) is 24.2 Å². The monoisotopic (exact) mass is 332 g/mol. The highest BCUT2D eigenvalue weighted by Gasteiger charge is 2.31. The van der Waals surface area contributed by atoms with E-state index in [1.165, 1.54) is 4.80 Å². The van der Waals surface area contributed by atoms with Crippen molar-refractivity contribution < 1.29 is 9.90 Å². The molecule has 1 saturated heterocycles. The molecule has 1 N–H and O–H groups in total. The molecule has 1 aromatic carbocycles. The first-order chi connectivity index (χ1) is 11.1. The summed E-state index contributed by atoms with van der Waals surface area (Å²) in [6, 6.07) is 5.83. The third-order valence-electron chi connectivity index (χ3n) is 3.99. The Hall–Kier alpha value is -1.86. The van der Waals surface area contributed by atoms with Gasteiger partial charge in [-0.3, -0.25) is 4.79 Å². The number of rotatable bonds is 3. The van der Waals surface area contributed by atoms with Crippen LogP contribution in [0.15, 0.2) is 30.6 Å². The number of aliphatic hydroxyl groups excluding tert-OH is 1. The van der Waals surface area contributed by atoms with Crippen LogP contribution in [-0.2, 0) is 0 Å². The van der Waals surface area contributed by atoms with Crippen LogP contribution >= 0.6 is 11.8 Å². The van der Waals surface area contributed by atoms with Gasteiger partial charge < -0.3 is 10.0 Å². The summed E-state index contributed by atoms with van der Waals surface area (Å²) in [5.74, 6) is 0.797. The van der Waals surface area contributed by atoms with Crippen LogP contribution in [0.3, 0.4) is 0 Å². The zero-order valence-electron chi connectivity index (χ0n) is 13.2. The third kappa shape index (κ3) is 3.25. The van der Waals surface area contributed by atoms with E-state index in [2.05, 4.69) is 10.2 Å². The van der Waals surface area contributed by atoms with Gasteiger partial charge in [0.2, 0.25) is 0 Å². The fourth-order valence-corrected chi connectivity index (χ4v) is 3.80. The summed E-state index contributed by atoms with van der Waals surface area (Å²) < 4.78 is 0. The number of aryl methyl sites for hydroxylation is 1. The lowest BCUT2D eigenvalue weighted by Crippen LogP contribution is -2.48. The minimum Gasteiger partial charge on any atom is -0.395 e. The maximum atomic E-state index is 13.1. The van der Waals surface area contributed by atoms with Crippen LogP contribution in [0.4, 0.5) is 0 Å². The van der Waals surface area contributed by atoms with Gasteiger partial charge in [0.25, 0.3) is 5.91 Å². The standard InChI is InChI=1S/C16H20N4O2S/c1-11-3-4-15(20-17-5-6-18-20)14(7-11)16(22)19-8-13(9-21)23-10-12(19)2/h3-7,12-13,21H,8-10H2,1-2H3. The summed E-state index contributed by atoms with van der Waals surface area (Å²) in [7, 11) is 0. The van der Waals surface area contributed by atoms with Crippen LogP contribution in [0.1, 0.15) is 22.8 Å². The summed E-state index contributed by atoms with van der Waals surface area (Å²) in [6.45, 7) is 4.65. The van der Waals surface area contributed by atoms with E-state index in [9.17, 15) is 9.90 Å². The van der Waals surface area contributed by atoms with E-state index >= 15 is 0 Å². The van der Waals surface area contributed by atoms with E-state index in [0.29, 0.717) is 17.8 Å². The molecule has 2 atom stereocenters. The number of benzene rings is 1. The fourth-order valence-electron chi connectivity index (χ4n) is 2.70. The molecule has 1 aliphatic rings. The van der Waals surface area contributed by atoms with Crippen molar-refractivity contribution in [2.24, 2.45) is 0 Å². The van der Waals surface area contributed by atoms with Crippen molar-refractivity contribution in [1.82, 2.24) is 19.9 Å². The molecule has 3 rings (SSSR count). The van der Waals surface area contributed by atoms with Crippen LogP contribution in [0, 0.1) is 6.92 Å². The van der Waals surface area contributed by atoms with E-state index in [1.807, 2.05) is 36.9 Å². The molecule has 1 fully saturated rings. The van der Waals surface area contributed by atoms with E-state index in [-0.39, 0.29) is 23.8 Å². The van der Waals surface area contributed by atoms with Gasteiger partial charge in [-0.2, -0.15) is 26.8 Å². The van der Waals surface area contributed by atoms with Gasteiger partial charge in [0, 0.05) is 23.6 Å². The average Bonchev–Trinajstić information content (AvgIpc) is 3.09. The number of aromatic nitrogens is 3. The Kier molecular flexibility index (Phi) is 4.68. The number of nitrogens with zero attached hydrogens (tertiary/aromatic N) is 4. The molecule has 1 amide bonds. The van der Waals surface area contributed by atoms with Gasteiger partial charge in [0.05, 0.1) is 30.3 Å². The molecule has 0 saturated carbocycles.